The maximum atomic E-state index is 12.8. The molecule has 6 heteroatoms. The molecule has 108 valence electrons. The number of rotatable bonds is 3. The van der Waals surface area contributed by atoms with Gasteiger partial charge in [-0.05, 0) is 32.4 Å². The van der Waals surface area contributed by atoms with Gasteiger partial charge in [-0.25, -0.2) is 4.79 Å². The van der Waals surface area contributed by atoms with Gasteiger partial charge in [0.1, 0.15) is 6.04 Å². The average Bonchev–Trinajstić information content (AvgIpc) is 2.47. The van der Waals surface area contributed by atoms with Gasteiger partial charge in [0, 0.05) is 18.1 Å². The number of nitrogens with zero attached hydrogens (tertiary/aromatic N) is 1. The molecule has 2 heterocycles. The second-order valence-corrected chi connectivity index (χ2v) is 6.46. The Hall–Kier alpha value is -0.750. The summed E-state index contributed by atoms with van der Waals surface area (Å²) in [5, 5.41) is 12.6. The quantitative estimate of drug-likeness (QED) is 0.803. The van der Waals surface area contributed by atoms with Gasteiger partial charge < -0.3 is 15.3 Å². The van der Waals surface area contributed by atoms with Crippen LogP contribution in [0.25, 0.3) is 0 Å². The molecular formula is C13H22N2O3S. The number of hydrogen-bond donors (Lipinski definition) is 2. The van der Waals surface area contributed by atoms with E-state index in [0.717, 1.165) is 38.1 Å². The van der Waals surface area contributed by atoms with Crippen LogP contribution >= 0.6 is 11.8 Å². The number of carbonyl (C=O) groups excluding carboxylic acids is 1. The van der Waals surface area contributed by atoms with E-state index in [1.165, 1.54) is 0 Å². The molecule has 0 aromatic heterocycles. The van der Waals surface area contributed by atoms with Crippen LogP contribution in [-0.4, -0.2) is 59.1 Å². The van der Waals surface area contributed by atoms with Crippen molar-refractivity contribution in [2.45, 2.75) is 32.2 Å². The van der Waals surface area contributed by atoms with Gasteiger partial charge >= 0.3 is 5.97 Å². The van der Waals surface area contributed by atoms with E-state index in [1.54, 1.807) is 16.7 Å². The minimum atomic E-state index is -0.874. The number of thioether (sulfide) groups is 1. The van der Waals surface area contributed by atoms with E-state index in [2.05, 4.69) is 5.32 Å². The molecule has 0 radical (unpaired) electrons. The Morgan fingerprint density at radius 2 is 2.11 bits per heavy atom. The van der Waals surface area contributed by atoms with Crippen LogP contribution < -0.4 is 5.32 Å². The summed E-state index contributed by atoms with van der Waals surface area (Å²) in [6.45, 7) is 4.30. The first-order valence-corrected chi connectivity index (χ1v) is 8.08. The smallest absolute Gasteiger partial charge is 0.327 e. The fourth-order valence-electron chi connectivity index (χ4n) is 2.98. The number of nitrogens with one attached hydrogen (secondary N) is 1. The van der Waals surface area contributed by atoms with Crippen molar-refractivity contribution in [1.29, 1.82) is 0 Å². The van der Waals surface area contributed by atoms with Crippen LogP contribution in [0.15, 0.2) is 0 Å². The Bertz CT molecular complexity index is 356. The highest BCUT2D eigenvalue weighted by Gasteiger charge is 2.44. The van der Waals surface area contributed by atoms with Crippen LogP contribution in [0.2, 0.25) is 0 Å². The molecule has 0 saturated carbocycles. The summed E-state index contributed by atoms with van der Waals surface area (Å²) < 4.78 is 0. The predicted molar refractivity (Wildman–Crippen MR) is 75.3 cm³/mol. The number of carbonyl (C=O) groups is 2. The van der Waals surface area contributed by atoms with Crippen LogP contribution in [0.3, 0.4) is 0 Å². The number of carboxylic acid groups (broad SMARTS) is 1. The van der Waals surface area contributed by atoms with Gasteiger partial charge in [-0.2, -0.15) is 11.8 Å². The van der Waals surface area contributed by atoms with Crippen LogP contribution in [-0.2, 0) is 9.59 Å². The highest BCUT2D eigenvalue weighted by molar-refractivity contribution is 7.99. The van der Waals surface area contributed by atoms with Crippen molar-refractivity contribution < 1.29 is 14.7 Å². The van der Waals surface area contributed by atoms with Crippen LogP contribution in [0.5, 0.6) is 0 Å². The SMILES string of the molecule is CCC1(C(=O)N2CCSCC2C(=O)O)CCNCC1. The van der Waals surface area contributed by atoms with E-state index in [0.29, 0.717) is 12.3 Å². The molecule has 2 rings (SSSR count). The summed E-state index contributed by atoms with van der Waals surface area (Å²) in [5.74, 6) is 0.539. The number of amides is 1. The Morgan fingerprint density at radius 3 is 2.68 bits per heavy atom. The van der Waals surface area contributed by atoms with Gasteiger partial charge in [0.15, 0.2) is 0 Å². The van der Waals surface area contributed by atoms with E-state index >= 15 is 0 Å². The molecule has 5 nitrogen and oxygen atoms in total. The second-order valence-electron chi connectivity index (χ2n) is 5.31. The molecule has 0 aromatic carbocycles. The standard InChI is InChI=1S/C13H22N2O3S/c1-2-13(3-5-14-6-4-13)12(18)15-7-8-19-9-10(15)11(16)17/h10,14H,2-9H2,1H3,(H,16,17). The number of carboxylic acids is 1. The van der Waals surface area contributed by atoms with Crippen LogP contribution in [0.1, 0.15) is 26.2 Å². The van der Waals surface area contributed by atoms with E-state index < -0.39 is 12.0 Å². The summed E-state index contributed by atoms with van der Waals surface area (Å²) >= 11 is 1.62. The van der Waals surface area contributed by atoms with Crippen molar-refractivity contribution in [3.8, 4) is 0 Å². The fourth-order valence-corrected chi connectivity index (χ4v) is 4.02. The third kappa shape index (κ3) is 2.89. The summed E-state index contributed by atoms with van der Waals surface area (Å²) in [7, 11) is 0. The fraction of sp³-hybridized carbons (Fsp3) is 0.846. The monoisotopic (exact) mass is 286 g/mol. The van der Waals surface area contributed by atoms with Crippen molar-refractivity contribution in [3.05, 3.63) is 0 Å². The zero-order valence-corrected chi connectivity index (χ0v) is 12.2. The summed E-state index contributed by atoms with van der Waals surface area (Å²) in [6.07, 6.45) is 2.43. The second kappa shape index (κ2) is 6.13. The first-order valence-electron chi connectivity index (χ1n) is 6.93. The molecule has 0 spiro atoms. The Morgan fingerprint density at radius 1 is 1.42 bits per heavy atom. The highest BCUT2D eigenvalue weighted by atomic mass is 32.2. The van der Waals surface area contributed by atoms with Gasteiger partial charge in [-0.15, -0.1) is 0 Å². The summed E-state index contributed by atoms with van der Waals surface area (Å²) in [6, 6.07) is -0.649. The lowest BCUT2D eigenvalue weighted by Gasteiger charge is -2.42. The zero-order chi connectivity index (χ0) is 13.9. The minimum Gasteiger partial charge on any atom is -0.480 e. The summed E-state index contributed by atoms with van der Waals surface area (Å²) in [4.78, 5) is 25.8. The topological polar surface area (TPSA) is 69.6 Å². The minimum absolute atomic E-state index is 0.0594. The van der Waals surface area contributed by atoms with Crippen molar-refractivity contribution in [1.82, 2.24) is 10.2 Å². The average molecular weight is 286 g/mol. The summed E-state index contributed by atoms with van der Waals surface area (Å²) in [5.41, 5.74) is -0.346. The lowest BCUT2D eigenvalue weighted by Crippen LogP contribution is -2.57. The first-order chi connectivity index (χ1) is 9.10. The van der Waals surface area contributed by atoms with Gasteiger partial charge in [0.05, 0.1) is 5.41 Å². The highest BCUT2D eigenvalue weighted by Crippen LogP contribution is 2.36. The van der Waals surface area contributed by atoms with E-state index in [9.17, 15) is 14.7 Å². The van der Waals surface area contributed by atoms with E-state index in [-0.39, 0.29) is 11.3 Å². The van der Waals surface area contributed by atoms with Crippen molar-refractivity contribution in [2.24, 2.45) is 5.41 Å². The molecule has 0 bridgehead atoms. The largest absolute Gasteiger partial charge is 0.480 e. The van der Waals surface area contributed by atoms with Crippen molar-refractivity contribution >= 4 is 23.6 Å². The third-order valence-electron chi connectivity index (χ3n) is 4.37. The van der Waals surface area contributed by atoms with Crippen LogP contribution in [0.4, 0.5) is 0 Å². The third-order valence-corrected chi connectivity index (χ3v) is 5.39. The predicted octanol–water partition coefficient (Wildman–Crippen LogP) is 0.795. The molecule has 1 atom stereocenters. The molecule has 0 aromatic rings. The normalized spacial score (nSPS) is 27.0. The zero-order valence-electron chi connectivity index (χ0n) is 11.4. The molecule has 0 aliphatic carbocycles. The Labute approximate surface area is 118 Å². The lowest BCUT2D eigenvalue weighted by molar-refractivity contribution is -0.155. The Kier molecular flexibility index (Phi) is 4.73. The molecule has 1 unspecified atom stereocenters. The number of piperidine rings is 1. The van der Waals surface area contributed by atoms with Gasteiger partial charge in [0.25, 0.3) is 0 Å². The van der Waals surface area contributed by atoms with Gasteiger partial charge in [-0.3, -0.25) is 4.79 Å². The van der Waals surface area contributed by atoms with Gasteiger partial charge in [-0.1, -0.05) is 6.92 Å². The molecule has 19 heavy (non-hydrogen) atoms. The maximum absolute atomic E-state index is 12.8. The Balaban J connectivity index is 2.17. The number of hydrogen-bond acceptors (Lipinski definition) is 4. The molecule has 2 N–H and O–H groups in total. The molecule has 2 saturated heterocycles. The van der Waals surface area contributed by atoms with Crippen molar-refractivity contribution in [2.75, 3.05) is 31.1 Å². The molecular weight excluding hydrogens is 264 g/mol. The molecule has 2 fully saturated rings. The molecule has 2 aliphatic heterocycles. The van der Waals surface area contributed by atoms with E-state index in [4.69, 9.17) is 0 Å². The van der Waals surface area contributed by atoms with Crippen molar-refractivity contribution in [3.63, 3.8) is 0 Å². The van der Waals surface area contributed by atoms with Gasteiger partial charge in [0.2, 0.25) is 5.91 Å². The number of aliphatic carboxylic acids is 1. The maximum Gasteiger partial charge on any atom is 0.327 e. The first kappa shape index (κ1) is 14.7. The van der Waals surface area contributed by atoms with E-state index in [1.807, 2.05) is 6.92 Å². The molecule has 1 amide bonds. The lowest BCUT2D eigenvalue weighted by atomic mass is 9.75. The van der Waals surface area contributed by atoms with Crippen LogP contribution in [0, 0.1) is 5.41 Å². The molecule has 2 aliphatic rings.